The Kier molecular flexibility index (Phi) is 21.3. The molecule has 0 aliphatic rings. The van der Waals surface area contributed by atoms with Crippen molar-refractivity contribution in [1.82, 2.24) is 0 Å². The van der Waals surface area contributed by atoms with E-state index in [1.807, 2.05) is 0 Å². The molecule has 0 aromatic heterocycles. The standard InChI is InChI=1S/C15H21O10P.C5H8O4/c1-4-13(16)7-10-20-23-26(19,24-21-11-8-14(17)5-2)25-22-12-9-15(18)6-3;1-4(5(7)8)9-3-2-6/h4-6H,1-3,7-12H2;6H,1-3H2,(H,7,8). The second-order valence-corrected chi connectivity index (χ2v) is 7.04. The molecule has 0 unspecified atom stereocenters. The molecule has 0 heterocycles. The molecular formula is C20H29O14P. The predicted octanol–water partition coefficient (Wildman–Crippen LogP) is 1.97. The monoisotopic (exact) mass is 524 g/mol. The summed E-state index contributed by atoms with van der Waals surface area (Å²) >= 11 is 0. The van der Waals surface area contributed by atoms with Crippen LogP contribution in [0.5, 0.6) is 0 Å². The van der Waals surface area contributed by atoms with Crippen LogP contribution in [0.2, 0.25) is 0 Å². The SMILES string of the molecule is C=C(OCCO)C(=O)O.C=CC(=O)CCOOP(=O)(OOCCC(=O)C=C)OOCCC(=O)C=C. The summed E-state index contributed by atoms with van der Waals surface area (Å²) in [5, 5.41) is 16.2. The molecule has 0 aliphatic heterocycles. The molecule has 0 atom stereocenters. The molecule has 0 saturated heterocycles. The first kappa shape index (κ1) is 34.4. The third-order valence-corrected chi connectivity index (χ3v) is 3.88. The average molecular weight is 524 g/mol. The maximum atomic E-state index is 12.2. The average Bonchev–Trinajstić information content (AvgIpc) is 2.85. The minimum atomic E-state index is -4.50. The van der Waals surface area contributed by atoms with Crippen LogP contribution in [0.15, 0.2) is 50.3 Å². The van der Waals surface area contributed by atoms with Crippen molar-refractivity contribution in [3.63, 3.8) is 0 Å². The van der Waals surface area contributed by atoms with Gasteiger partial charge in [-0.3, -0.25) is 14.4 Å². The molecule has 15 heteroatoms. The summed E-state index contributed by atoms with van der Waals surface area (Å²) in [5.41, 5.74) is 0. The molecule has 0 aromatic carbocycles. The maximum absolute atomic E-state index is 12.2. The number of aliphatic carboxylic acids is 1. The number of carboxylic acid groups (broad SMARTS) is 1. The number of rotatable bonds is 22. The van der Waals surface area contributed by atoms with Crippen LogP contribution in [0, 0.1) is 0 Å². The Hall–Kier alpha value is -2.81. The lowest BCUT2D eigenvalue weighted by Gasteiger charge is -2.14. The normalized spacial score (nSPS) is 10.3. The Morgan fingerprint density at radius 2 is 1.06 bits per heavy atom. The van der Waals surface area contributed by atoms with Gasteiger partial charge in [0.1, 0.15) is 6.61 Å². The highest BCUT2D eigenvalue weighted by atomic mass is 31.2. The number of carboxylic acids is 1. The fraction of sp³-hybridized carbons (Fsp3) is 0.400. The van der Waals surface area contributed by atoms with E-state index in [2.05, 4.69) is 59.7 Å². The number of ether oxygens (including phenoxy) is 1. The Bertz CT molecular complexity index is 700. The summed E-state index contributed by atoms with van der Waals surface area (Å²) < 4.78 is 30.0. The van der Waals surface area contributed by atoms with Gasteiger partial charge in [0.15, 0.2) is 23.1 Å². The lowest BCUT2D eigenvalue weighted by atomic mass is 10.3. The van der Waals surface area contributed by atoms with E-state index in [1.165, 1.54) is 0 Å². The Morgan fingerprint density at radius 1 is 0.714 bits per heavy atom. The number of hydrogen-bond acceptors (Lipinski definition) is 13. The Balaban J connectivity index is 0. The van der Waals surface area contributed by atoms with Crippen LogP contribution in [-0.4, -0.2) is 66.6 Å². The van der Waals surface area contributed by atoms with Crippen molar-refractivity contribution in [3.05, 3.63) is 50.3 Å². The Labute approximate surface area is 201 Å². The number of phosphoric acid groups is 1. The molecule has 0 aliphatic carbocycles. The molecule has 0 amide bonds. The van der Waals surface area contributed by atoms with E-state index >= 15 is 0 Å². The highest BCUT2D eigenvalue weighted by molar-refractivity contribution is 7.48. The smallest absolute Gasteiger partial charge is 0.485 e. The van der Waals surface area contributed by atoms with Gasteiger partial charge >= 0.3 is 13.8 Å². The van der Waals surface area contributed by atoms with E-state index in [0.717, 1.165) is 18.2 Å². The second kappa shape index (κ2) is 21.7. The van der Waals surface area contributed by atoms with Crippen molar-refractivity contribution < 1.29 is 67.4 Å². The number of ketones is 3. The lowest BCUT2D eigenvalue weighted by molar-refractivity contribution is -0.323. The van der Waals surface area contributed by atoms with Gasteiger partial charge in [-0.15, -0.1) is 14.0 Å². The molecule has 0 fully saturated rings. The first-order valence-corrected chi connectivity index (χ1v) is 11.2. The van der Waals surface area contributed by atoms with E-state index in [0.29, 0.717) is 0 Å². The quantitative estimate of drug-likeness (QED) is 0.0522. The molecule has 35 heavy (non-hydrogen) atoms. The van der Waals surface area contributed by atoms with Gasteiger partial charge in [-0.1, -0.05) is 19.7 Å². The third kappa shape index (κ3) is 21.5. The highest BCUT2D eigenvalue weighted by Crippen LogP contribution is 2.50. The molecule has 0 radical (unpaired) electrons. The van der Waals surface area contributed by atoms with Gasteiger partial charge in [0.05, 0.1) is 26.4 Å². The minimum Gasteiger partial charge on any atom is -0.485 e. The first-order valence-electron chi connectivity index (χ1n) is 9.70. The fourth-order valence-electron chi connectivity index (χ4n) is 1.31. The fourth-order valence-corrected chi connectivity index (χ4v) is 1.99. The zero-order valence-electron chi connectivity index (χ0n) is 19.0. The zero-order valence-corrected chi connectivity index (χ0v) is 19.9. The summed E-state index contributed by atoms with van der Waals surface area (Å²) in [6.07, 6.45) is 2.97. The topological polar surface area (TPSA) is 190 Å². The van der Waals surface area contributed by atoms with Crippen molar-refractivity contribution in [3.8, 4) is 0 Å². The summed E-state index contributed by atoms with van der Waals surface area (Å²) in [6.45, 7) is 11.8. The Morgan fingerprint density at radius 3 is 1.31 bits per heavy atom. The number of carbonyl (C=O) groups is 4. The number of aliphatic hydroxyl groups excluding tert-OH is 1. The van der Waals surface area contributed by atoms with Gasteiger partial charge in [-0.25, -0.2) is 24.0 Å². The number of allylic oxidation sites excluding steroid dienone is 3. The molecule has 0 spiro atoms. The number of carbonyl (C=O) groups excluding carboxylic acids is 3. The van der Waals surface area contributed by atoms with Crippen molar-refractivity contribution in [2.75, 3.05) is 33.0 Å². The van der Waals surface area contributed by atoms with E-state index < -0.39 is 13.8 Å². The third-order valence-electron chi connectivity index (χ3n) is 3.02. The summed E-state index contributed by atoms with van der Waals surface area (Å²) in [5.74, 6) is -2.54. The van der Waals surface area contributed by atoms with Crippen LogP contribution in [0.25, 0.3) is 0 Å². The van der Waals surface area contributed by atoms with Crippen LogP contribution < -0.4 is 0 Å². The number of hydrogen-bond donors (Lipinski definition) is 2. The highest BCUT2D eigenvalue weighted by Gasteiger charge is 2.32. The van der Waals surface area contributed by atoms with Crippen LogP contribution in [0.1, 0.15) is 19.3 Å². The molecule has 198 valence electrons. The first-order chi connectivity index (χ1) is 16.5. The largest absolute Gasteiger partial charge is 0.556 e. The van der Waals surface area contributed by atoms with E-state index in [1.54, 1.807) is 0 Å². The summed E-state index contributed by atoms with van der Waals surface area (Å²) in [4.78, 5) is 56.7. The number of aliphatic hydroxyl groups is 1. The van der Waals surface area contributed by atoms with E-state index in [-0.39, 0.29) is 75.4 Å². The second-order valence-electron chi connectivity index (χ2n) is 5.70. The molecule has 0 bridgehead atoms. The van der Waals surface area contributed by atoms with Gasteiger partial charge in [0, 0.05) is 19.3 Å². The van der Waals surface area contributed by atoms with Gasteiger partial charge in [-0.2, -0.15) is 0 Å². The zero-order chi connectivity index (χ0) is 27.1. The molecule has 0 rings (SSSR count). The van der Waals surface area contributed by atoms with Gasteiger partial charge in [-0.05, 0) is 24.8 Å². The van der Waals surface area contributed by atoms with Crippen molar-refractivity contribution in [2.45, 2.75) is 19.3 Å². The molecule has 2 N–H and O–H groups in total. The molecule has 0 saturated carbocycles. The minimum absolute atomic E-state index is 0.0227. The maximum Gasteiger partial charge on any atom is 0.556 e. The molecule has 14 nitrogen and oxygen atoms in total. The van der Waals surface area contributed by atoms with Crippen LogP contribution in [0.3, 0.4) is 0 Å². The van der Waals surface area contributed by atoms with E-state index in [4.69, 9.17) is 10.2 Å². The van der Waals surface area contributed by atoms with Gasteiger partial charge < -0.3 is 14.9 Å². The van der Waals surface area contributed by atoms with Crippen LogP contribution in [-0.2, 0) is 57.2 Å². The van der Waals surface area contributed by atoms with Crippen LogP contribution >= 0.6 is 7.82 Å². The van der Waals surface area contributed by atoms with Gasteiger partial charge in [0.25, 0.3) is 0 Å². The molecule has 0 aromatic rings. The summed E-state index contributed by atoms with van der Waals surface area (Å²) in [6, 6.07) is 0. The predicted molar refractivity (Wildman–Crippen MR) is 118 cm³/mol. The van der Waals surface area contributed by atoms with Crippen LogP contribution in [0.4, 0.5) is 0 Å². The lowest BCUT2D eigenvalue weighted by Crippen LogP contribution is -2.08. The van der Waals surface area contributed by atoms with E-state index in [9.17, 15) is 23.7 Å². The van der Waals surface area contributed by atoms with Crippen molar-refractivity contribution in [2.24, 2.45) is 0 Å². The van der Waals surface area contributed by atoms with Gasteiger partial charge in [0.2, 0.25) is 0 Å². The molecular weight excluding hydrogens is 495 g/mol. The van der Waals surface area contributed by atoms with Crippen molar-refractivity contribution in [1.29, 1.82) is 0 Å². The summed E-state index contributed by atoms with van der Waals surface area (Å²) in [7, 11) is -4.50. The van der Waals surface area contributed by atoms with Crippen molar-refractivity contribution >= 4 is 31.1 Å².